The fourth-order valence-corrected chi connectivity index (χ4v) is 9.04. The van der Waals surface area contributed by atoms with E-state index in [0.717, 1.165) is 65.7 Å². The van der Waals surface area contributed by atoms with Gasteiger partial charge >= 0.3 is 0 Å². The lowest BCUT2D eigenvalue weighted by molar-refractivity contribution is 0.633. The minimum atomic E-state index is -2.85. The van der Waals surface area contributed by atoms with Crippen molar-refractivity contribution in [1.82, 2.24) is 9.78 Å². The average molecular weight is 598 g/mol. The SMILES string of the molecule is O[P+](c1ccccc1)(c1ccccc1)c1ccc(-n2nc(-c3ccccc3)c3c(-c4ccccc4)cc4ccccc4c32)cc1. The van der Waals surface area contributed by atoms with Crippen LogP contribution in [0.25, 0.3) is 49.7 Å². The topological polar surface area (TPSA) is 38.0 Å². The third-order valence-corrected chi connectivity index (χ3v) is 11.7. The molecule has 45 heavy (non-hydrogen) atoms. The summed E-state index contributed by atoms with van der Waals surface area (Å²) in [6.07, 6.45) is 0. The maximum atomic E-state index is 12.5. The molecular weight excluding hydrogens is 567 g/mol. The summed E-state index contributed by atoms with van der Waals surface area (Å²) in [7, 11) is -2.85. The van der Waals surface area contributed by atoms with Crippen LogP contribution in [0, 0.1) is 0 Å². The van der Waals surface area contributed by atoms with Crippen LogP contribution in [-0.2, 0) is 0 Å². The van der Waals surface area contributed by atoms with Crippen LogP contribution in [0.5, 0.6) is 0 Å². The lowest BCUT2D eigenvalue weighted by atomic mass is 9.94. The average Bonchev–Trinajstić information content (AvgIpc) is 3.54. The second-order valence-electron chi connectivity index (χ2n) is 11.2. The number of fused-ring (bicyclic) bond motifs is 3. The lowest BCUT2D eigenvalue weighted by Gasteiger charge is -2.20. The number of benzene rings is 7. The van der Waals surface area contributed by atoms with Crippen LogP contribution in [0.2, 0.25) is 0 Å². The quantitative estimate of drug-likeness (QED) is 0.195. The van der Waals surface area contributed by atoms with Gasteiger partial charge in [-0.2, -0.15) is 5.10 Å². The first kappa shape index (κ1) is 27.2. The van der Waals surface area contributed by atoms with E-state index in [4.69, 9.17) is 5.10 Å². The van der Waals surface area contributed by atoms with Crippen LogP contribution in [0.4, 0.5) is 0 Å². The molecule has 0 fully saturated rings. The van der Waals surface area contributed by atoms with E-state index < -0.39 is 7.49 Å². The molecule has 0 amide bonds. The molecule has 7 aromatic carbocycles. The summed E-state index contributed by atoms with van der Waals surface area (Å²) in [5, 5.41) is 11.5. The second-order valence-corrected chi connectivity index (χ2v) is 14.0. The predicted molar refractivity (Wildman–Crippen MR) is 190 cm³/mol. The molecule has 1 aromatic heterocycles. The summed E-state index contributed by atoms with van der Waals surface area (Å²) in [5.74, 6) is 0. The van der Waals surface area contributed by atoms with E-state index >= 15 is 0 Å². The highest BCUT2D eigenvalue weighted by Crippen LogP contribution is 2.51. The van der Waals surface area contributed by atoms with Crippen LogP contribution in [0.1, 0.15) is 0 Å². The third kappa shape index (κ3) is 4.65. The van der Waals surface area contributed by atoms with Gasteiger partial charge in [-0.25, -0.2) is 9.58 Å². The Bertz CT molecular complexity index is 2210. The Hall–Kier alpha value is -5.34. The summed E-state index contributed by atoms with van der Waals surface area (Å²) in [4.78, 5) is 12.5. The van der Waals surface area contributed by atoms with Gasteiger partial charge in [0.2, 0.25) is 7.49 Å². The summed E-state index contributed by atoms with van der Waals surface area (Å²) >= 11 is 0. The molecule has 0 saturated heterocycles. The molecule has 214 valence electrons. The Kier molecular flexibility index (Phi) is 6.84. The number of nitrogens with zero attached hydrogens (tertiary/aromatic N) is 2. The van der Waals surface area contributed by atoms with Crippen LogP contribution < -0.4 is 15.9 Å². The Balaban J connectivity index is 1.38. The van der Waals surface area contributed by atoms with Crippen molar-refractivity contribution in [1.29, 1.82) is 0 Å². The first-order chi connectivity index (χ1) is 22.2. The van der Waals surface area contributed by atoms with Gasteiger partial charge in [-0.3, -0.25) is 0 Å². The van der Waals surface area contributed by atoms with Crippen molar-refractivity contribution >= 4 is 45.1 Å². The minimum Gasteiger partial charge on any atom is -0.235 e. The normalized spacial score (nSPS) is 11.7. The van der Waals surface area contributed by atoms with Crippen molar-refractivity contribution in [3.8, 4) is 28.1 Å². The highest BCUT2D eigenvalue weighted by Gasteiger charge is 2.44. The Morgan fingerprint density at radius 2 is 0.978 bits per heavy atom. The van der Waals surface area contributed by atoms with E-state index in [1.54, 1.807) is 0 Å². The van der Waals surface area contributed by atoms with Crippen LogP contribution >= 0.6 is 7.49 Å². The van der Waals surface area contributed by atoms with Gasteiger partial charge in [0.1, 0.15) is 21.6 Å². The smallest absolute Gasteiger partial charge is 0.235 e. The van der Waals surface area contributed by atoms with E-state index in [1.165, 1.54) is 0 Å². The number of hydrogen-bond acceptors (Lipinski definition) is 2. The van der Waals surface area contributed by atoms with Crippen molar-refractivity contribution in [3.63, 3.8) is 0 Å². The highest BCUT2D eigenvalue weighted by atomic mass is 31.2. The Labute approximate surface area is 263 Å². The van der Waals surface area contributed by atoms with Gasteiger partial charge in [0.25, 0.3) is 0 Å². The molecule has 8 rings (SSSR count). The van der Waals surface area contributed by atoms with E-state index in [1.807, 2.05) is 66.7 Å². The number of hydrogen-bond donors (Lipinski definition) is 1. The molecule has 4 heteroatoms. The molecule has 3 nitrogen and oxygen atoms in total. The summed E-state index contributed by atoms with van der Waals surface area (Å²) in [6.45, 7) is 0. The molecule has 1 N–H and O–H groups in total. The van der Waals surface area contributed by atoms with Gasteiger partial charge in [0.15, 0.2) is 0 Å². The van der Waals surface area contributed by atoms with Crippen molar-refractivity contribution in [2.45, 2.75) is 0 Å². The largest absolute Gasteiger partial charge is 0.238 e. The Morgan fingerprint density at radius 1 is 0.489 bits per heavy atom. The maximum Gasteiger partial charge on any atom is 0.238 e. The van der Waals surface area contributed by atoms with Gasteiger partial charge in [0.05, 0.1) is 11.2 Å². The predicted octanol–water partition coefficient (Wildman–Crippen LogP) is 8.71. The lowest BCUT2D eigenvalue weighted by Crippen LogP contribution is -2.30. The number of rotatable bonds is 6. The fourth-order valence-electron chi connectivity index (χ4n) is 6.36. The standard InChI is InChI=1S/C41H30N2OP/c44-45(34-20-9-3-10-21-34,35-22-11-4-12-23-35)36-27-25-33(26-28-36)43-41-37-24-14-13-19-32(37)29-38(30-15-5-1-6-16-30)39(41)40(42-43)31-17-7-2-8-18-31/h1-29,44H/q+1. The molecule has 0 aliphatic heterocycles. The first-order valence-electron chi connectivity index (χ1n) is 15.1. The van der Waals surface area contributed by atoms with E-state index in [-0.39, 0.29) is 0 Å². The van der Waals surface area contributed by atoms with Crippen molar-refractivity contribution in [3.05, 3.63) is 176 Å². The molecule has 0 aliphatic rings. The van der Waals surface area contributed by atoms with E-state index in [2.05, 4.69) is 114 Å². The summed E-state index contributed by atoms with van der Waals surface area (Å²) < 4.78 is 2.08. The summed E-state index contributed by atoms with van der Waals surface area (Å²) in [6, 6.07) is 60.2. The summed E-state index contributed by atoms with van der Waals surface area (Å²) in [5.41, 5.74) is 6.32. The fraction of sp³-hybridized carbons (Fsp3) is 0. The van der Waals surface area contributed by atoms with Crippen molar-refractivity contribution < 1.29 is 4.89 Å². The second kappa shape index (κ2) is 11.3. The molecule has 0 bridgehead atoms. The third-order valence-electron chi connectivity index (χ3n) is 8.53. The minimum absolute atomic E-state index is 0.901. The van der Waals surface area contributed by atoms with Crippen molar-refractivity contribution in [2.24, 2.45) is 0 Å². The molecule has 0 atom stereocenters. The van der Waals surface area contributed by atoms with Gasteiger partial charge < -0.3 is 0 Å². The van der Waals surface area contributed by atoms with Crippen LogP contribution in [-0.4, -0.2) is 14.7 Å². The number of aromatic nitrogens is 2. The van der Waals surface area contributed by atoms with Gasteiger partial charge in [-0.05, 0) is 71.1 Å². The van der Waals surface area contributed by atoms with E-state index in [0.29, 0.717) is 0 Å². The molecule has 0 spiro atoms. The zero-order valence-electron chi connectivity index (χ0n) is 24.5. The highest BCUT2D eigenvalue weighted by molar-refractivity contribution is 7.91. The maximum absolute atomic E-state index is 12.5. The monoisotopic (exact) mass is 597 g/mol. The molecule has 0 unspecified atom stereocenters. The zero-order valence-corrected chi connectivity index (χ0v) is 25.4. The molecule has 1 heterocycles. The van der Waals surface area contributed by atoms with Crippen LogP contribution in [0.15, 0.2) is 176 Å². The van der Waals surface area contributed by atoms with Gasteiger partial charge in [-0.15, -0.1) is 0 Å². The van der Waals surface area contributed by atoms with Gasteiger partial charge in [-0.1, -0.05) is 121 Å². The molecule has 0 aliphatic carbocycles. The Morgan fingerprint density at radius 3 is 1.58 bits per heavy atom. The zero-order chi connectivity index (χ0) is 30.2. The molecular formula is C41H30N2OP+. The first-order valence-corrected chi connectivity index (χ1v) is 16.9. The van der Waals surface area contributed by atoms with E-state index in [9.17, 15) is 4.89 Å². The van der Waals surface area contributed by atoms with Crippen molar-refractivity contribution in [2.75, 3.05) is 0 Å². The molecule has 0 radical (unpaired) electrons. The molecule has 8 aromatic rings. The molecule has 0 saturated carbocycles. The van der Waals surface area contributed by atoms with Crippen LogP contribution in [0.3, 0.4) is 0 Å². The van der Waals surface area contributed by atoms with Gasteiger partial charge in [0, 0.05) is 16.3 Å².